The molecule has 0 unspecified atom stereocenters. The van der Waals surface area contributed by atoms with Crippen molar-refractivity contribution in [1.82, 2.24) is 96.6 Å². The third kappa shape index (κ3) is 31.5. The number of aliphatic hydroxyl groups excluding tert-OH is 2. The van der Waals surface area contributed by atoms with Gasteiger partial charge in [-0.05, 0) is 174 Å². The number of phenols is 2. The summed E-state index contributed by atoms with van der Waals surface area (Å²) < 4.78 is 5.41. The first-order valence-corrected chi connectivity index (χ1v) is 48.6. The lowest BCUT2D eigenvalue weighted by atomic mass is 9.84. The number of aliphatic hydroxyl groups is 2. The van der Waals surface area contributed by atoms with Crippen LogP contribution in [0.4, 0.5) is 69.8 Å². The molecule has 1 saturated heterocycles. The van der Waals surface area contributed by atoms with E-state index in [1.165, 1.54) is 42.4 Å². The van der Waals surface area contributed by atoms with Gasteiger partial charge in [-0.25, -0.2) is 59.8 Å². The Bertz CT molecular complexity index is 6240. The number of carbonyl (C=O) groups is 6. The average Bonchev–Trinajstić information content (AvgIpc) is 1.66. The van der Waals surface area contributed by atoms with E-state index in [-0.39, 0.29) is 177 Å². The molecule has 54 heteroatoms. The second-order valence-electron chi connectivity index (χ2n) is 34.8. The van der Waals surface area contributed by atoms with E-state index in [1.807, 2.05) is 48.5 Å². The summed E-state index contributed by atoms with van der Waals surface area (Å²) in [6.07, 6.45) is 22.0. The molecule has 145 heavy (non-hydrogen) atoms. The molecule has 0 radical (unpaired) electrons. The number of hydrogen-bond acceptors (Lipinski definition) is 42. The molecular formula is C91H113Cl6N37O11. The number of rotatable bonds is 22. The van der Waals surface area contributed by atoms with Crippen molar-refractivity contribution < 1.29 is 53.9 Å². The zero-order valence-corrected chi connectivity index (χ0v) is 83.1. The number of nitrogens with two attached hydrogens (primary N) is 12. The molecule has 8 aliphatic rings. The fourth-order valence-corrected chi connectivity index (χ4v) is 17.1. The summed E-state index contributed by atoms with van der Waals surface area (Å²) in [6.45, 7) is 3.49. The number of nitrogens with zero attached hydrogens (tertiary/aromatic N) is 19. The Morgan fingerprint density at radius 2 is 0.772 bits per heavy atom. The number of benzene rings is 3. The van der Waals surface area contributed by atoms with Gasteiger partial charge in [-0.2, -0.15) is 0 Å². The standard InChI is InChI=1S/C21H27ClN6O4.2C18H21ClN6O2.C13H17ClN6O.C11H14ClN7O.C10H13ClN6O/c22-18-20(24)28-19(23)17(27-18)21(31)26-16-8-13(9-25-16)3-1-2-12-4-6-15(7-5-12)32-11-14(30)10-29;2*19-15-17(21)25-16(20)14(24-15)18(27)23-13-9-6-11(22-13)3-1-2-10-4-7-12(26)8-5-10;14-9-11(16)20-10(15)8(19-9)12(21)18-7-5-13(6-17-7)3-1-2-4-13;12-7-9(14)17-8(13)6(16-7)10(20)18-11-15-4-5-2-1-3-19(5)11;11-7-9(13)17-8(12)6(16-7)10(18)15-5-3-1-2-4-14-5/h4-7,13-14,29-30H,1-3,8-11H2,(H4,23,24,28)(H,25,26,31);2*4-5,7-8,11,26H,1-3,6,9H2,(H4,20,21,25)(H,22,23,27);1-6H2,(H4,15,16,20)(H,17,18,21);5H,1-4H2,(H4,13,14,17)(H,15,18,20);1-4H2,(H4,12,13,17)(H,14,15,18)/t13-,14-;2*11-;;5-;/m010.0./s1. The highest BCUT2D eigenvalue weighted by atomic mass is 35.5. The maximum absolute atomic E-state index is 12.4. The maximum Gasteiger partial charge on any atom is 0.280 e. The SMILES string of the molecule is Nc1nc(N)c(C(=O)NC2=NCC3(CCCC3)C2)nc1Cl.Nc1nc(N)c(C(=O)NC2=NCCCC2)nc1Cl.Nc1nc(N)c(C(=O)NC2=NC[C@@H](CCCc3ccc(OC[C@@H](O)CO)cc3)C2)nc1Cl.Nc1nc(N)c(C(=O)NC2=NC[C@@H]3CCCN23)nc1Cl.Nc1nc(N)c(C(=O)NC2=N[C@@H](CCCc3ccc(O)cc3)CC2)nc1Cl.Nc1nc(N)c(C(=O)NC2=N[C@H](CCCc3ccc(O)cc3)CC2)nc1Cl. The molecule has 5 atom stereocenters. The Morgan fingerprint density at radius 1 is 0.400 bits per heavy atom. The maximum atomic E-state index is 12.4. The van der Waals surface area contributed by atoms with Crippen molar-refractivity contribution >= 4 is 210 Å². The van der Waals surface area contributed by atoms with Gasteiger partial charge in [0, 0.05) is 58.3 Å². The third-order valence-electron chi connectivity index (χ3n) is 23.9. The van der Waals surface area contributed by atoms with Crippen LogP contribution in [0.3, 0.4) is 0 Å². The quantitative estimate of drug-likeness (QED) is 0.0309. The Hall–Kier alpha value is -14.6. The van der Waals surface area contributed by atoms with Crippen LogP contribution in [-0.4, -0.2) is 226 Å². The monoisotopic (exact) mass is 2110 g/mol. The Balaban J connectivity index is 0.000000156. The van der Waals surface area contributed by atoms with Gasteiger partial charge < -0.3 is 125 Å². The fourth-order valence-electron chi connectivity index (χ4n) is 16.4. The lowest BCUT2D eigenvalue weighted by molar-refractivity contribution is 0.0536. The predicted molar refractivity (Wildman–Crippen MR) is 557 cm³/mol. The van der Waals surface area contributed by atoms with Gasteiger partial charge in [0.2, 0.25) is 5.96 Å². The second kappa shape index (κ2) is 51.6. The van der Waals surface area contributed by atoms with Crippen molar-refractivity contribution in [2.75, 3.05) is 115 Å². The van der Waals surface area contributed by atoms with Gasteiger partial charge in [0.25, 0.3) is 35.4 Å². The zero-order valence-electron chi connectivity index (χ0n) is 78.6. The molecular weight excluding hydrogens is 2000 g/mol. The van der Waals surface area contributed by atoms with Crippen LogP contribution < -0.4 is 105 Å². The molecule has 6 aromatic heterocycles. The van der Waals surface area contributed by atoms with Crippen molar-refractivity contribution in [2.45, 2.75) is 178 Å². The highest BCUT2D eigenvalue weighted by molar-refractivity contribution is 6.34. The molecule has 0 bridgehead atoms. The highest BCUT2D eigenvalue weighted by Gasteiger charge is 2.40. The molecule has 6 amide bonds. The minimum Gasteiger partial charge on any atom is -0.508 e. The number of ether oxygens (including phenoxy) is 1. The Kier molecular flexibility index (Phi) is 38.9. The smallest absolute Gasteiger partial charge is 0.280 e. The number of halogens is 6. The first-order valence-electron chi connectivity index (χ1n) is 46.3. The number of aliphatic imine (C=N–C) groups is 6. The van der Waals surface area contributed by atoms with E-state index in [9.17, 15) is 44.1 Å². The first kappa shape index (κ1) is 109. The van der Waals surface area contributed by atoms with E-state index in [0.717, 1.165) is 129 Å². The van der Waals surface area contributed by atoms with Crippen LogP contribution in [0.1, 0.15) is 214 Å². The van der Waals surface area contributed by atoms with Crippen molar-refractivity contribution in [3.05, 3.63) is 155 Å². The van der Waals surface area contributed by atoms with Crippen molar-refractivity contribution in [1.29, 1.82) is 0 Å². The average molecular weight is 2110 g/mol. The summed E-state index contributed by atoms with van der Waals surface area (Å²) in [7, 11) is 0. The van der Waals surface area contributed by atoms with Gasteiger partial charge in [0.05, 0.1) is 31.3 Å². The van der Waals surface area contributed by atoms with Crippen molar-refractivity contribution in [3.63, 3.8) is 0 Å². The van der Waals surface area contributed by atoms with Gasteiger partial charge in [-0.3, -0.25) is 64.0 Å². The van der Waals surface area contributed by atoms with Crippen LogP contribution in [0.25, 0.3) is 0 Å². The van der Waals surface area contributed by atoms with Crippen LogP contribution in [-0.2, 0) is 19.3 Å². The molecule has 3 aromatic carbocycles. The summed E-state index contributed by atoms with van der Waals surface area (Å²) in [5, 5.41) is 52.7. The summed E-state index contributed by atoms with van der Waals surface area (Å²) >= 11 is 34.7. The molecule has 770 valence electrons. The molecule has 2 fully saturated rings. The van der Waals surface area contributed by atoms with Crippen LogP contribution in [0, 0.1) is 11.3 Å². The lowest BCUT2D eigenvalue weighted by Gasteiger charge is -2.20. The van der Waals surface area contributed by atoms with Crippen molar-refractivity contribution in [3.8, 4) is 17.2 Å². The largest absolute Gasteiger partial charge is 0.508 e. The number of nitrogens with one attached hydrogen (secondary N) is 6. The van der Waals surface area contributed by atoms with Gasteiger partial charge in [0.1, 0.15) is 59.1 Å². The van der Waals surface area contributed by atoms with Gasteiger partial charge in [0.15, 0.2) is 135 Å². The highest BCUT2D eigenvalue weighted by Crippen LogP contribution is 2.44. The third-order valence-corrected chi connectivity index (χ3v) is 25.6. The van der Waals surface area contributed by atoms with Crippen LogP contribution in [0.2, 0.25) is 30.9 Å². The molecule has 1 saturated carbocycles. The van der Waals surface area contributed by atoms with Gasteiger partial charge in [-0.1, -0.05) is 119 Å². The summed E-state index contributed by atoms with van der Waals surface area (Å²) in [4.78, 5) is 148. The Morgan fingerprint density at radius 3 is 1.17 bits per heavy atom. The fraction of sp³-hybridized carbons (Fsp3) is 0.407. The van der Waals surface area contributed by atoms with E-state index < -0.39 is 41.5 Å². The van der Waals surface area contributed by atoms with E-state index in [0.29, 0.717) is 85.2 Å². The molecule has 13 heterocycles. The number of fused-ring (bicyclic) bond motifs is 1. The molecule has 1 spiro atoms. The van der Waals surface area contributed by atoms with Crippen molar-refractivity contribution in [2.24, 2.45) is 41.3 Å². The van der Waals surface area contributed by atoms with Gasteiger partial charge in [-0.15, -0.1) is 0 Å². The first-order chi connectivity index (χ1) is 69.3. The number of anilines is 12. The minimum atomic E-state index is -0.882. The number of aromatic nitrogens is 12. The molecule has 48 nitrogen and oxygen atoms in total. The molecule has 17 rings (SSSR count). The summed E-state index contributed by atoms with van der Waals surface area (Å²) in [5.41, 5.74) is 70.4. The van der Waals surface area contributed by atoms with Crippen LogP contribution in [0.5, 0.6) is 17.2 Å². The van der Waals surface area contributed by atoms with E-state index in [1.54, 1.807) is 24.3 Å². The molecule has 7 aliphatic heterocycles. The number of aromatic hydroxyl groups is 2. The zero-order chi connectivity index (χ0) is 104. The second-order valence-corrected chi connectivity index (χ2v) is 37.0. The van der Waals surface area contributed by atoms with E-state index in [4.69, 9.17) is 148 Å². The summed E-state index contributed by atoms with van der Waals surface area (Å²) in [6, 6.07) is 22.9. The number of carbonyl (C=O) groups excluding carboxylic acids is 6. The van der Waals surface area contributed by atoms with Gasteiger partial charge >= 0.3 is 0 Å². The predicted octanol–water partition coefficient (Wildman–Crippen LogP) is 7.68. The molecule has 34 N–H and O–H groups in total. The molecule has 9 aromatic rings. The van der Waals surface area contributed by atoms with E-state index >= 15 is 0 Å². The number of hydrogen-bond donors (Lipinski definition) is 22. The molecule has 1 aliphatic carbocycles. The van der Waals surface area contributed by atoms with E-state index in [2.05, 4.69) is 127 Å². The number of phenolic OH excluding ortho intramolecular Hbond substituents is 2. The number of amidine groups is 5. The van der Waals surface area contributed by atoms with Crippen LogP contribution in [0.15, 0.2) is 103 Å². The van der Waals surface area contributed by atoms with Crippen LogP contribution >= 0.6 is 69.6 Å². The minimum absolute atomic E-state index is 0.000670. The Labute approximate surface area is 861 Å². The number of nitrogen functional groups attached to an aromatic ring is 12. The topological polar surface area (TPSA) is 809 Å². The number of aryl methyl sites for hydroxylation is 3. The normalized spacial score (nSPS) is 17.3. The number of guanidine groups is 1. The number of amides is 6. The lowest BCUT2D eigenvalue weighted by Crippen LogP contribution is -2.43. The summed E-state index contributed by atoms with van der Waals surface area (Å²) in [5.74, 6) is 1.95.